The lowest BCUT2D eigenvalue weighted by molar-refractivity contribution is -0.143. The number of para-hydroxylation sites is 1. The van der Waals surface area contributed by atoms with Crippen LogP contribution in [0.4, 0.5) is 32.0 Å². The molecule has 2 rings (SSSR count). The molecule has 0 spiro atoms. The summed E-state index contributed by atoms with van der Waals surface area (Å²) in [6.07, 6.45) is -9.39. The normalized spacial score (nSPS) is 13.0. The molecule has 5 nitrogen and oxygen atoms in total. The number of hydrogen-bond donors (Lipinski definition) is 4. The van der Waals surface area contributed by atoms with Crippen molar-refractivity contribution in [1.82, 2.24) is 5.32 Å². The molecule has 1 amide bonds. The number of anilines is 1. The van der Waals surface area contributed by atoms with Crippen LogP contribution in [-0.2, 0) is 17.1 Å². The highest BCUT2D eigenvalue weighted by atomic mass is 19.4. The van der Waals surface area contributed by atoms with Crippen LogP contribution >= 0.6 is 0 Å². The number of alkyl halides is 6. The van der Waals surface area contributed by atoms with Crippen molar-refractivity contribution in [3.05, 3.63) is 58.8 Å². The molecule has 0 heterocycles. The van der Waals surface area contributed by atoms with E-state index in [1.807, 2.05) is 6.92 Å². The second kappa shape index (κ2) is 8.78. The minimum Gasteiger partial charge on any atom is -0.398 e. The lowest BCUT2D eigenvalue weighted by Crippen LogP contribution is -2.31. The molecule has 11 heteroatoms. The second-order valence-corrected chi connectivity index (χ2v) is 6.64. The second-order valence-electron chi connectivity index (χ2n) is 6.64. The van der Waals surface area contributed by atoms with Crippen LogP contribution in [0.1, 0.15) is 30.0 Å². The number of carbonyl (C=O) groups is 1. The van der Waals surface area contributed by atoms with Gasteiger partial charge in [0, 0.05) is 23.4 Å². The van der Waals surface area contributed by atoms with Gasteiger partial charge in [-0.25, -0.2) is 0 Å². The summed E-state index contributed by atoms with van der Waals surface area (Å²) in [5, 5.41) is 2.50. The Morgan fingerprint density at radius 3 is 2.00 bits per heavy atom. The molecular weight excluding hydrogens is 426 g/mol. The van der Waals surface area contributed by atoms with Gasteiger partial charge >= 0.3 is 12.4 Å². The number of carbonyl (C=O) groups excluding carboxylic acids is 1. The lowest BCUT2D eigenvalue weighted by atomic mass is 9.95. The predicted molar refractivity (Wildman–Crippen MR) is 105 cm³/mol. The van der Waals surface area contributed by atoms with Gasteiger partial charge in [0.25, 0.3) is 5.91 Å². The molecule has 0 fully saturated rings. The predicted octanol–water partition coefficient (Wildman–Crippen LogP) is 4.09. The molecule has 0 aromatic heterocycles. The summed E-state index contributed by atoms with van der Waals surface area (Å²) >= 11 is 0. The number of nitrogen functional groups attached to an aromatic ring is 1. The Hall–Kier alpha value is -3.37. The van der Waals surface area contributed by atoms with Crippen LogP contribution in [-0.4, -0.2) is 12.5 Å². The zero-order valence-corrected chi connectivity index (χ0v) is 16.3. The van der Waals surface area contributed by atoms with Gasteiger partial charge in [-0.15, -0.1) is 0 Å². The number of amides is 1. The number of nitrogens with one attached hydrogen (secondary N) is 1. The molecule has 0 aliphatic rings. The fourth-order valence-electron chi connectivity index (χ4n) is 2.76. The molecule has 0 aliphatic heterocycles. The van der Waals surface area contributed by atoms with E-state index >= 15 is 0 Å². The van der Waals surface area contributed by atoms with E-state index in [4.69, 9.17) is 17.2 Å². The summed E-state index contributed by atoms with van der Waals surface area (Å²) in [6, 6.07) is 5.07. The third-order valence-electron chi connectivity index (χ3n) is 4.37. The molecule has 0 radical (unpaired) electrons. The molecule has 0 aliphatic carbocycles. The van der Waals surface area contributed by atoms with Crippen LogP contribution in [0.15, 0.2) is 42.1 Å². The maximum Gasteiger partial charge on any atom is 0.416 e. The van der Waals surface area contributed by atoms with E-state index in [0.29, 0.717) is 25.1 Å². The first kappa shape index (κ1) is 23.9. The van der Waals surface area contributed by atoms with Gasteiger partial charge in [0.15, 0.2) is 0 Å². The van der Waals surface area contributed by atoms with Crippen molar-refractivity contribution < 1.29 is 31.1 Å². The zero-order chi connectivity index (χ0) is 23.6. The van der Waals surface area contributed by atoms with Gasteiger partial charge in [0.1, 0.15) is 5.70 Å². The number of rotatable bonds is 5. The molecule has 0 saturated carbocycles. The average Bonchev–Trinajstić information content (AvgIpc) is 2.69. The van der Waals surface area contributed by atoms with Crippen LogP contribution in [0.3, 0.4) is 0 Å². The Kier molecular flexibility index (Phi) is 6.77. The first-order chi connectivity index (χ1) is 14.3. The van der Waals surface area contributed by atoms with E-state index in [-0.39, 0.29) is 34.3 Å². The standard InChI is InChI=1S/C20H20F6N4O/c1-2-6-30-18(31)17(29)16(28)14-5-3-4-13(15(14)27)10-7-11(19(21,22)23)9-12(8-10)20(24,25)26/h3-5,7-9H,2,6,27-29H2,1H3,(H,30,31)/b17-16+. The first-order valence-electron chi connectivity index (χ1n) is 8.99. The van der Waals surface area contributed by atoms with Crippen molar-refractivity contribution in [1.29, 1.82) is 0 Å². The Morgan fingerprint density at radius 2 is 1.52 bits per heavy atom. The van der Waals surface area contributed by atoms with E-state index in [9.17, 15) is 31.1 Å². The Morgan fingerprint density at radius 1 is 0.968 bits per heavy atom. The smallest absolute Gasteiger partial charge is 0.398 e. The fraction of sp³-hybridized carbons (Fsp3) is 0.250. The van der Waals surface area contributed by atoms with Gasteiger partial charge in [-0.3, -0.25) is 4.79 Å². The van der Waals surface area contributed by atoms with E-state index in [0.717, 1.165) is 0 Å². The van der Waals surface area contributed by atoms with E-state index in [1.165, 1.54) is 18.2 Å². The Labute approximate surface area is 173 Å². The zero-order valence-electron chi connectivity index (χ0n) is 16.3. The molecule has 0 unspecified atom stereocenters. The van der Waals surface area contributed by atoms with Gasteiger partial charge in [-0.2, -0.15) is 26.3 Å². The third-order valence-corrected chi connectivity index (χ3v) is 4.37. The van der Waals surface area contributed by atoms with Crippen molar-refractivity contribution in [3.8, 4) is 11.1 Å². The maximum atomic E-state index is 13.2. The fourth-order valence-corrected chi connectivity index (χ4v) is 2.76. The van der Waals surface area contributed by atoms with Gasteiger partial charge in [0.05, 0.1) is 16.8 Å². The molecular formula is C20H20F6N4O. The molecule has 0 bridgehead atoms. The quantitative estimate of drug-likeness (QED) is 0.315. The van der Waals surface area contributed by atoms with Gasteiger partial charge in [-0.05, 0) is 30.2 Å². The van der Waals surface area contributed by atoms with Crippen LogP contribution < -0.4 is 22.5 Å². The van der Waals surface area contributed by atoms with Crippen LogP contribution in [0.5, 0.6) is 0 Å². The largest absolute Gasteiger partial charge is 0.416 e. The molecule has 31 heavy (non-hydrogen) atoms. The van der Waals surface area contributed by atoms with Crippen LogP contribution in [0.2, 0.25) is 0 Å². The highest BCUT2D eigenvalue weighted by molar-refractivity contribution is 6.01. The topological polar surface area (TPSA) is 107 Å². The molecule has 168 valence electrons. The number of halogens is 6. The summed E-state index contributed by atoms with van der Waals surface area (Å²) in [6.45, 7) is 2.14. The van der Waals surface area contributed by atoms with Gasteiger partial charge < -0.3 is 22.5 Å². The van der Waals surface area contributed by atoms with Crippen molar-refractivity contribution in [2.45, 2.75) is 25.7 Å². The Balaban J connectivity index is 2.66. The summed E-state index contributed by atoms with van der Waals surface area (Å²) in [7, 11) is 0. The molecule has 2 aromatic rings. The van der Waals surface area contributed by atoms with E-state index in [2.05, 4.69) is 5.32 Å². The summed E-state index contributed by atoms with van der Waals surface area (Å²) in [5.41, 5.74) is 13.3. The van der Waals surface area contributed by atoms with Crippen LogP contribution in [0, 0.1) is 0 Å². The maximum absolute atomic E-state index is 13.2. The molecule has 7 N–H and O–H groups in total. The molecule has 0 atom stereocenters. The number of nitrogens with two attached hydrogens (primary N) is 3. The third kappa shape index (κ3) is 5.41. The summed E-state index contributed by atoms with van der Waals surface area (Å²) in [5.74, 6) is -0.678. The van der Waals surface area contributed by atoms with Crippen LogP contribution in [0.25, 0.3) is 16.8 Å². The Bertz CT molecular complexity index is 979. The van der Waals surface area contributed by atoms with Crippen molar-refractivity contribution in [3.63, 3.8) is 0 Å². The molecule has 2 aromatic carbocycles. The minimum absolute atomic E-state index is 0.00705. The lowest BCUT2D eigenvalue weighted by Gasteiger charge is -2.17. The van der Waals surface area contributed by atoms with Crippen molar-refractivity contribution in [2.24, 2.45) is 11.5 Å². The first-order valence-corrected chi connectivity index (χ1v) is 8.99. The summed E-state index contributed by atoms with van der Waals surface area (Å²) < 4.78 is 79.0. The van der Waals surface area contributed by atoms with Crippen molar-refractivity contribution in [2.75, 3.05) is 12.3 Å². The van der Waals surface area contributed by atoms with Gasteiger partial charge in [0.2, 0.25) is 0 Å². The number of benzene rings is 2. The minimum atomic E-state index is -5.01. The molecule has 0 saturated heterocycles. The number of hydrogen-bond acceptors (Lipinski definition) is 4. The highest BCUT2D eigenvalue weighted by Gasteiger charge is 2.37. The summed E-state index contributed by atoms with van der Waals surface area (Å²) in [4.78, 5) is 12.0. The SMILES string of the molecule is CCCNC(=O)/C(N)=C(\N)c1cccc(-c2cc(C(F)(F)F)cc(C(F)(F)F)c2)c1N. The van der Waals surface area contributed by atoms with Crippen molar-refractivity contribution >= 4 is 17.3 Å². The van der Waals surface area contributed by atoms with Gasteiger partial charge in [-0.1, -0.05) is 25.1 Å². The van der Waals surface area contributed by atoms with E-state index < -0.39 is 35.0 Å². The average molecular weight is 446 g/mol. The highest BCUT2D eigenvalue weighted by Crippen LogP contribution is 2.40. The van der Waals surface area contributed by atoms with E-state index in [1.54, 1.807) is 0 Å². The monoisotopic (exact) mass is 446 g/mol.